The predicted molar refractivity (Wildman–Crippen MR) is 141 cm³/mol. The van der Waals surface area contributed by atoms with Gasteiger partial charge in [0.1, 0.15) is 12.4 Å². The Balaban J connectivity index is 1.55. The SMILES string of the molecule is Cc1cc(C)nc(SCC(=O)N/N=C\c2cc(Br)c(OCc3ccc(Cl)cc3Cl)c(Br)c2)n1. The molecule has 0 aliphatic rings. The highest BCUT2D eigenvalue weighted by Gasteiger charge is 2.11. The minimum absolute atomic E-state index is 0.160. The number of benzene rings is 2. The van der Waals surface area contributed by atoms with Crippen LogP contribution in [0.1, 0.15) is 22.5 Å². The molecule has 0 aliphatic heterocycles. The summed E-state index contributed by atoms with van der Waals surface area (Å²) in [6.45, 7) is 4.06. The van der Waals surface area contributed by atoms with Gasteiger partial charge in [0.25, 0.3) is 5.91 Å². The second kappa shape index (κ2) is 12.2. The average Bonchev–Trinajstić information content (AvgIpc) is 2.72. The van der Waals surface area contributed by atoms with Gasteiger partial charge < -0.3 is 4.74 Å². The number of ether oxygens (including phenoxy) is 1. The maximum Gasteiger partial charge on any atom is 0.250 e. The number of aromatic nitrogens is 2. The van der Waals surface area contributed by atoms with Crippen LogP contribution in [-0.4, -0.2) is 27.8 Å². The molecule has 0 aliphatic carbocycles. The summed E-state index contributed by atoms with van der Waals surface area (Å²) in [5.74, 6) is 0.525. The molecule has 172 valence electrons. The number of nitrogens with zero attached hydrogens (tertiary/aromatic N) is 3. The van der Waals surface area contributed by atoms with E-state index in [1.54, 1.807) is 18.3 Å². The number of nitrogens with one attached hydrogen (secondary N) is 1. The molecule has 1 amide bonds. The third-order valence-electron chi connectivity index (χ3n) is 4.10. The van der Waals surface area contributed by atoms with Crippen molar-refractivity contribution in [2.75, 3.05) is 5.75 Å². The lowest BCUT2D eigenvalue weighted by molar-refractivity contribution is -0.118. The molecule has 33 heavy (non-hydrogen) atoms. The molecule has 0 atom stereocenters. The number of thioether (sulfide) groups is 1. The first-order chi connectivity index (χ1) is 15.7. The summed E-state index contributed by atoms with van der Waals surface area (Å²) >= 11 is 20.4. The van der Waals surface area contributed by atoms with Gasteiger partial charge in [-0.2, -0.15) is 5.10 Å². The minimum Gasteiger partial charge on any atom is -0.486 e. The molecule has 0 unspecified atom stereocenters. The van der Waals surface area contributed by atoms with Crippen LogP contribution in [-0.2, 0) is 11.4 Å². The number of aryl methyl sites for hydroxylation is 2. The van der Waals surface area contributed by atoms with E-state index >= 15 is 0 Å². The summed E-state index contributed by atoms with van der Waals surface area (Å²) in [5, 5.41) is 5.69. The van der Waals surface area contributed by atoms with Crippen molar-refractivity contribution in [3.05, 3.63) is 77.9 Å². The van der Waals surface area contributed by atoms with Crippen LogP contribution < -0.4 is 10.2 Å². The van der Waals surface area contributed by atoms with Crippen molar-refractivity contribution in [2.24, 2.45) is 5.10 Å². The van der Waals surface area contributed by atoms with E-state index < -0.39 is 0 Å². The maximum absolute atomic E-state index is 12.1. The lowest BCUT2D eigenvalue weighted by Gasteiger charge is -2.12. The number of carbonyl (C=O) groups excluding carboxylic acids is 1. The van der Waals surface area contributed by atoms with Crippen molar-refractivity contribution in [1.29, 1.82) is 0 Å². The van der Waals surface area contributed by atoms with E-state index in [-0.39, 0.29) is 18.3 Å². The second-order valence-electron chi connectivity index (χ2n) is 6.85. The molecule has 0 saturated carbocycles. The summed E-state index contributed by atoms with van der Waals surface area (Å²) in [4.78, 5) is 20.7. The lowest BCUT2D eigenvalue weighted by Crippen LogP contribution is -2.19. The van der Waals surface area contributed by atoms with Gasteiger partial charge in [0.05, 0.1) is 20.9 Å². The Kier molecular flexibility index (Phi) is 9.57. The average molecular weight is 633 g/mol. The Bertz CT molecular complexity index is 1170. The molecule has 0 spiro atoms. The van der Waals surface area contributed by atoms with Gasteiger partial charge in [-0.1, -0.05) is 41.0 Å². The number of rotatable bonds is 8. The van der Waals surface area contributed by atoms with Crippen LogP contribution in [0.4, 0.5) is 0 Å². The molecule has 2 aromatic carbocycles. The molecule has 0 saturated heterocycles. The molecule has 1 N–H and O–H groups in total. The predicted octanol–water partition coefficient (Wildman–Crippen LogP) is 6.75. The van der Waals surface area contributed by atoms with E-state index in [0.29, 0.717) is 21.0 Å². The van der Waals surface area contributed by atoms with Crippen molar-refractivity contribution >= 4 is 78.9 Å². The largest absolute Gasteiger partial charge is 0.486 e. The number of hydrogen-bond acceptors (Lipinski definition) is 6. The van der Waals surface area contributed by atoms with Crippen LogP contribution >= 0.6 is 66.8 Å². The first-order valence-electron chi connectivity index (χ1n) is 9.54. The highest BCUT2D eigenvalue weighted by molar-refractivity contribution is 9.11. The number of halogens is 4. The van der Waals surface area contributed by atoms with Crippen molar-refractivity contribution in [3.8, 4) is 5.75 Å². The van der Waals surface area contributed by atoms with E-state index in [0.717, 1.165) is 31.5 Å². The third-order valence-corrected chi connectivity index (χ3v) is 6.72. The first kappa shape index (κ1) is 26.0. The smallest absolute Gasteiger partial charge is 0.250 e. The maximum atomic E-state index is 12.1. The van der Waals surface area contributed by atoms with Crippen LogP contribution in [0.15, 0.2) is 55.6 Å². The first-order valence-corrected chi connectivity index (χ1v) is 12.9. The molecule has 1 heterocycles. The van der Waals surface area contributed by atoms with Crippen LogP contribution in [0.3, 0.4) is 0 Å². The molecule has 3 rings (SSSR count). The highest BCUT2D eigenvalue weighted by Crippen LogP contribution is 2.35. The zero-order valence-corrected chi connectivity index (χ0v) is 23.0. The fourth-order valence-corrected chi connectivity index (χ4v) is 5.34. The summed E-state index contributed by atoms with van der Waals surface area (Å²) in [5.41, 5.74) is 5.81. The van der Waals surface area contributed by atoms with Gasteiger partial charge in [-0.25, -0.2) is 15.4 Å². The molecule has 0 fully saturated rings. The quantitative estimate of drug-likeness (QED) is 0.129. The Morgan fingerprint density at radius 3 is 2.42 bits per heavy atom. The molecule has 6 nitrogen and oxygen atoms in total. The Morgan fingerprint density at radius 2 is 1.79 bits per heavy atom. The summed E-state index contributed by atoms with van der Waals surface area (Å²) in [6, 6.07) is 10.8. The van der Waals surface area contributed by atoms with Crippen LogP contribution in [0.5, 0.6) is 5.75 Å². The van der Waals surface area contributed by atoms with Crippen molar-refractivity contribution in [3.63, 3.8) is 0 Å². The second-order valence-corrected chi connectivity index (χ2v) is 10.3. The lowest BCUT2D eigenvalue weighted by atomic mass is 10.2. The molecule has 0 radical (unpaired) electrons. The van der Waals surface area contributed by atoms with Gasteiger partial charge in [-0.15, -0.1) is 0 Å². The number of carbonyl (C=O) groups is 1. The van der Waals surface area contributed by atoms with Crippen LogP contribution in [0, 0.1) is 13.8 Å². The number of hydrazone groups is 1. The summed E-state index contributed by atoms with van der Waals surface area (Å²) in [7, 11) is 0. The summed E-state index contributed by atoms with van der Waals surface area (Å²) in [6.07, 6.45) is 1.55. The van der Waals surface area contributed by atoms with Gasteiger partial charge in [0.15, 0.2) is 5.16 Å². The van der Waals surface area contributed by atoms with Gasteiger partial charge in [-0.3, -0.25) is 4.79 Å². The molecule has 3 aromatic rings. The Labute approximate surface area is 222 Å². The molecule has 11 heteroatoms. The third kappa shape index (κ3) is 7.96. The monoisotopic (exact) mass is 630 g/mol. The molecule has 1 aromatic heterocycles. The molecular formula is C22H18Br2Cl2N4O2S. The van der Waals surface area contributed by atoms with Crippen molar-refractivity contribution < 1.29 is 9.53 Å². The number of amides is 1. The van der Waals surface area contributed by atoms with E-state index in [1.165, 1.54) is 11.8 Å². The van der Waals surface area contributed by atoms with E-state index in [1.807, 2.05) is 38.1 Å². The van der Waals surface area contributed by atoms with Crippen molar-refractivity contribution in [2.45, 2.75) is 25.6 Å². The minimum atomic E-state index is -0.253. The zero-order chi connectivity index (χ0) is 24.0. The highest BCUT2D eigenvalue weighted by atomic mass is 79.9. The Morgan fingerprint density at radius 1 is 1.12 bits per heavy atom. The van der Waals surface area contributed by atoms with E-state index in [2.05, 4.69) is 52.4 Å². The molecule has 0 bridgehead atoms. The van der Waals surface area contributed by atoms with E-state index in [4.69, 9.17) is 27.9 Å². The van der Waals surface area contributed by atoms with E-state index in [9.17, 15) is 4.79 Å². The van der Waals surface area contributed by atoms with Gasteiger partial charge in [0.2, 0.25) is 0 Å². The fraction of sp³-hybridized carbons (Fsp3) is 0.182. The summed E-state index contributed by atoms with van der Waals surface area (Å²) < 4.78 is 7.35. The van der Waals surface area contributed by atoms with Gasteiger partial charge in [0, 0.05) is 27.0 Å². The van der Waals surface area contributed by atoms with Crippen LogP contribution in [0.2, 0.25) is 10.0 Å². The molecular weight excluding hydrogens is 615 g/mol. The normalized spacial score (nSPS) is 11.1. The van der Waals surface area contributed by atoms with Crippen molar-refractivity contribution in [1.82, 2.24) is 15.4 Å². The van der Waals surface area contributed by atoms with Crippen LogP contribution in [0.25, 0.3) is 0 Å². The standard InChI is InChI=1S/C22H18Br2Cl2N4O2S/c1-12-5-13(2)29-22(28-12)33-11-20(31)30-27-9-14-6-17(23)21(18(24)7-14)32-10-15-3-4-16(25)8-19(15)26/h3-9H,10-11H2,1-2H3,(H,30,31)/b27-9-. The fourth-order valence-electron chi connectivity index (χ4n) is 2.68. The zero-order valence-electron chi connectivity index (χ0n) is 17.5. The van der Waals surface area contributed by atoms with Gasteiger partial charge in [-0.05, 0) is 81.6 Å². The topological polar surface area (TPSA) is 76.5 Å². The number of hydrogen-bond donors (Lipinski definition) is 1. The van der Waals surface area contributed by atoms with Gasteiger partial charge >= 0.3 is 0 Å². The Hall–Kier alpha value is -1.65.